The molecule has 0 saturated carbocycles. The van der Waals surface area contributed by atoms with Crippen LogP contribution >= 0.6 is 37.5 Å². The molecule has 6 aromatic rings. The van der Waals surface area contributed by atoms with Crippen molar-refractivity contribution in [1.29, 1.82) is 21.6 Å². The van der Waals surface area contributed by atoms with Crippen molar-refractivity contribution in [3.05, 3.63) is 154 Å². The number of aliphatic hydroxyl groups is 1. The van der Waals surface area contributed by atoms with Crippen molar-refractivity contribution in [2.24, 2.45) is 34.1 Å². The molecule has 2 aliphatic rings. The van der Waals surface area contributed by atoms with Gasteiger partial charge in [0.05, 0.1) is 11.7 Å². The van der Waals surface area contributed by atoms with Gasteiger partial charge >= 0.3 is 11.9 Å². The molecule has 0 bridgehead atoms. The van der Waals surface area contributed by atoms with Crippen LogP contribution in [0.1, 0.15) is 134 Å². The molecular weight excluding hydrogens is 1940 g/mol. The molecule has 0 unspecified atom stereocenters. The highest BCUT2D eigenvalue weighted by molar-refractivity contribution is 7.82. The molecule has 8 rings (SSSR count). The van der Waals surface area contributed by atoms with E-state index in [-0.39, 0.29) is 154 Å². The summed E-state index contributed by atoms with van der Waals surface area (Å²) in [7, 11) is 0. The first-order chi connectivity index (χ1) is 68.5. The fourth-order valence-electron chi connectivity index (χ4n) is 15.6. The molecular formula is C95H127N27O20S3. The zero-order chi connectivity index (χ0) is 107. The number of thiocarbonyl (C=S) groups is 1. The Hall–Kier alpha value is -15.6. The van der Waals surface area contributed by atoms with Crippen molar-refractivity contribution in [3.63, 3.8) is 0 Å². The number of aromatic amines is 1. The van der Waals surface area contributed by atoms with E-state index in [9.17, 15) is 68.4 Å². The maximum atomic E-state index is 15.8. The summed E-state index contributed by atoms with van der Waals surface area (Å²) < 4.78 is 4.34. The van der Waals surface area contributed by atoms with E-state index in [0.29, 0.717) is 43.9 Å². The Kier molecular flexibility index (Phi) is 42.7. The highest BCUT2D eigenvalue weighted by Gasteiger charge is 2.43. The average molecular weight is 2060 g/mol. The summed E-state index contributed by atoms with van der Waals surface area (Å²) in [6.45, 7) is 8.30. The van der Waals surface area contributed by atoms with E-state index < -0.39 is 202 Å². The molecule has 5 aromatic carbocycles. The number of para-hydroxylation sites is 1. The summed E-state index contributed by atoms with van der Waals surface area (Å²) in [6, 6.07) is 13.8. The number of thiol groups is 2. The van der Waals surface area contributed by atoms with Gasteiger partial charge in [-0.2, -0.15) is 25.3 Å². The number of fused-ring (bicyclic) bond motifs is 4. The van der Waals surface area contributed by atoms with Crippen molar-refractivity contribution < 1.29 is 92.0 Å². The molecule has 1 aliphatic heterocycles. The number of aromatic nitrogens is 1. The SMILES string of the molecule is C[C@@H](O)[C@H](NC(=O)[C@@H](NC(=O)[C@H](CCC(N)=O)NC(=O)[C@H](Cc1c[nH]c2ccccc12)NC(=O)[C@H](Cc1ccc2ccccc2c1)NC(=O)[C@H](CCCNC(=N)N)NC(=O)[C@H](CCCNC(=N)N)NC(=O)[C@@H](CCCNC(=N)N)NC(=O)[C@H](CS)NC(=O)CCNC(=S)Nc1ccc(-c2c3ccc(=O)cc-3oc3cc(O)ccc23)c(C(=O)O)c1)C(C)(C)S)C(=O)N[C@@H](CCCNC(=N)N)C(=O)N[C@H](C(=O)O)C(C)(C)C. The third kappa shape index (κ3) is 35.5. The third-order valence-electron chi connectivity index (χ3n) is 23.0. The fraction of sp³-hybridized carbons (Fsp3) is 0.411. The Bertz CT molecular complexity index is 6130. The van der Waals surface area contributed by atoms with Gasteiger partial charge in [-0.25, -0.2) is 9.59 Å². The second kappa shape index (κ2) is 54.0. The van der Waals surface area contributed by atoms with E-state index in [1.165, 1.54) is 56.3 Å². The van der Waals surface area contributed by atoms with Gasteiger partial charge < -0.3 is 149 Å². The molecule has 1 aliphatic carbocycles. The van der Waals surface area contributed by atoms with E-state index in [4.69, 9.17) is 66.9 Å². The number of aromatic carboxylic acids is 1. The highest BCUT2D eigenvalue weighted by atomic mass is 32.1. The molecule has 0 radical (unpaired) electrons. The Labute approximate surface area is 849 Å². The van der Waals surface area contributed by atoms with Gasteiger partial charge in [0.15, 0.2) is 34.4 Å². The summed E-state index contributed by atoms with van der Waals surface area (Å²) in [5.41, 5.74) is 29.3. The summed E-state index contributed by atoms with van der Waals surface area (Å²) in [4.78, 5) is 217. The van der Waals surface area contributed by atoms with Crippen LogP contribution in [0.25, 0.3) is 55.1 Å². The summed E-state index contributed by atoms with van der Waals surface area (Å²) in [5, 5.41) is 120. The van der Waals surface area contributed by atoms with Gasteiger partial charge in [0.2, 0.25) is 70.9 Å². The molecule has 2 heterocycles. The largest absolute Gasteiger partial charge is 0.508 e. The minimum absolute atomic E-state index is 0.00645. The monoisotopic (exact) mass is 2060 g/mol. The van der Waals surface area contributed by atoms with Gasteiger partial charge in [0.25, 0.3) is 0 Å². The topological polar surface area (TPSA) is 796 Å². The van der Waals surface area contributed by atoms with Crippen LogP contribution in [-0.4, -0.2) is 253 Å². The lowest BCUT2D eigenvalue weighted by molar-refractivity contribution is -0.145. The smallest absolute Gasteiger partial charge is 0.336 e. The molecule has 12 atom stereocenters. The number of amides is 12. The van der Waals surface area contributed by atoms with Crippen molar-refractivity contribution in [1.82, 2.24) is 90.1 Å². The lowest BCUT2D eigenvalue weighted by atomic mass is 9.86. The third-order valence-corrected chi connectivity index (χ3v) is 23.9. The highest BCUT2D eigenvalue weighted by Crippen LogP contribution is 2.43. The van der Waals surface area contributed by atoms with Crippen LogP contribution in [-0.2, 0) is 75.2 Å². The maximum Gasteiger partial charge on any atom is 0.336 e. The average Bonchev–Trinajstić information content (AvgIpc) is 0.982. The second-order valence-electron chi connectivity index (χ2n) is 36.1. The minimum Gasteiger partial charge on any atom is -0.508 e. The number of hydrogen-bond donors (Lipinski definition) is 33. The van der Waals surface area contributed by atoms with Gasteiger partial charge in [-0.05, 0) is 166 Å². The molecule has 0 fully saturated rings. The predicted octanol–water partition coefficient (Wildman–Crippen LogP) is -0.434. The Morgan fingerprint density at radius 2 is 0.952 bits per heavy atom. The van der Waals surface area contributed by atoms with E-state index >= 15 is 24.0 Å². The summed E-state index contributed by atoms with van der Waals surface area (Å²) in [5.74, 6) is -17.1. The van der Waals surface area contributed by atoms with E-state index in [0.717, 1.165) is 12.3 Å². The van der Waals surface area contributed by atoms with Gasteiger partial charge in [0, 0.05) is 120 Å². The number of aliphatic hydroxyl groups excluding tert-OH is 1. The van der Waals surface area contributed by atoms with Crippen molar-refractivity contribution in [2.75, 3.05) is 43.8 Å². The van der Waals surface area contributed by atoms with Crippen LogP contribution < -0.4 is 124 Å². The van der Waals surface area contributed by atoms with E-state index in [1.807, 2.05) is 6.07 Å². The number of nitrogens with two attached hydrogens (primary N) is 5. The normalized spacial score (nSPS) is 13.8. The zero-order valence-corrected chi connectivity index (χ0v) is 83.1. The molecule has 0 spiro atoms. The van der Waals surface area contributed by atoms with Gasteiger partial charge in [-0.1, -0.05) is 87.5 Å². The number of carbonyl (C=O) groups is 14. The number of nitrogens with one attached hydrogen (secondary N) is 22. The van der Waals surface area contributed by atoms with Crippen LogP contribution in [0.2, 0.25) is 0 Å². The maximum absolute atomic E-state index is 15.8. The van der Waals surface area contributed by atoms with Crippen LogP contribution in [0.3, 0.4) is 0 Å². The Balaban J connectivity index is 1.04. The number of benzene rings is 6. The second-order valence-corrected chi connectivity index (χ2v) is 38.0. The quantitative estimate of drug-likeness (QED) is 0.00574. The number of phenolic OH excluding ortho intramolecular Hbond substituents is 1. The van der Waals surface area contributed by atoms with Crippen molar-refractivity contribution >= 4 is 188 Å². The summed E-state index contributed by atoms with van der Waals surface area (Å²) >= 11 is 14.5. The Morgan fingerprint density at radius 3 is 1.46 bits per heavy atom. The standard InChI is InChI=1S/C95H127N27O20S3/c1-47(123)74(85(136)117-64(22-14-37-108-92(103)104)80(131)122-76(88(140)141)94(2,3)4)120-86(137)75(95(5,6)145)121-81(132)65(31-32-71(96)126)116-83(134)67(41-51-45-110-60-18-10-9-17-55(51)60)119-82(133)66(40-48-23-24-49-15-7-8-16-50(49)39-48)118-79(130)63(21-13-36-107-91(101)102)114-77(128)61(19-11-34-105-89(97)98)113-78(129)62(20-12-35-106-90(99)100)115-84(135)68(46-143)112-72(127)33-38-109-93(144)111-52-25-28-56(59(42-52)87(138)139)73-57-29-26-53(124)43-69(57)142-70-44-54(125)27-30-58(70)73/h7-10,15-18,23-30,39,42-45,47,61-68,74-76,110,123-124,143,145H,11-14,19-22,31-38,40-41,46H2,1-6H3,(H2,96,126)(H,112,127)(H,113,129)(H,114,128)(H,115,135)(H,116,134)(H,117,136)(H,118,130)(H,119,133)(H,120,137)(H,121,132)(H,122,131)(H,138,139)(H,140,141)(H4,97,98,105)(H4,99,100,106)(H4,101,102,107)(H4,103,104,108)(H2,109,111,144)/t47-,61+,62-,63+,64+,65+,66+,67+,68+,74+,75-,76-/m1/s1. The van der Waals surface area contributed by atoms with Crippen LogP contribution in [0.5, 0.6) is 5.75 Å². The number of primary amides is 1. The molecule has 780 valence electrons. The first-order valence-corrected chi connectivity index (χ1v) is 47.8. The zero-order valence-electron chi connectivity index (χ0n) is 80.5. The number of aliphatic carboxylic acids is 1. The van der Waals surface area contributed by atoms with Crippen LogP contribution in [0.4, 0.5) is 5.69 Å². The number of rotatable bonds is 54. The van der Waals surface area contributed by atoms with Crippen molar-refractivity contribution in [3.8, 4) is 28.2 Å². The number of guanidine groups is 4. The number of carbonyl (C=O) groups excluding carboxylic acids is 12. The van der Waals surface area contributed by atoms with Crippen LogP contribution in [0, 0.1) is 27.1 Å². The fourth-order valence-corrected chi connectivity index (χ4v) is 16.3. The van der Waals surface area contributed by atoms with Gasteiger partial charge in [-0.3, -0.25) is 84.0 Å². The lowest BCUT2D eigenvalue weighted by Crippen LogP contribution is -2.64. The Morgan fingerprint density at radius 1 is 0.476 bits per heavy atom. The van der Waals surface area contributed by atoms with Crippen molar-refractivity contribution in [2.45, 2.75) is 202 Å². The minimum atomic E-state index is -1.91. The predicted molar refractivity (Wildman–Crippen MR) is 554 cm³/mol. The molecule has 0 saturated heterocycles. The van der Waals surface area contributed by atoms with Gasteiger partial charge in [-0.15, -0.1) is 0 Å². The van der Waals surface area contributed by atoms with E-state index in [2.05, 4.69) is 121 Å². The number of carboxylic acid groups (broad SMARTS) is 2. The molecule has 12 amide bonds. The number of anilines is 1. The number of carboxylic acids is 2. The first kappa shape index (κ1) is 115. The molecule has 47 nitrogen and oxygen atoms in total. The van der Waals surface area contributed by atoms with E-state index in [1.54, 1.807) is 99.8 Å². The van der Waals surface area contributed by atoms with Gasteiger partial charge in [0.1, 0.15) is 83.6 Å². The lowest BCUT2D eigenvalue weighted by Gasteiger charge is -2.33. The first-order valence-electron chi connectivity index (χ1n) is 46.3. The molecule has 36 N–H and O–H groups in total. The van der Waals surface area contributed by atoms with Crippen LogP contribution in [0.15, 0.2) is 137 Å². The number of phenols is 1. The molecule has 145 heavy (non-hydrogen) atoms. The number of aromatic hydroxyl groups is 1. The summed E-state index contributed by atoms with van der Waals surface area (Å²) in [6.07, 6.45) is -3.26. The molecule has 1 aromatic heterocycles. The number of H-pyrrole nitrogens is 1. The number of hydrogen-bond acceptors (Lipinski definition) is 25. The molecule has 50 heteroatoms.